The Bertz CT molecular complexity index is 699. The number of carbonyl (C=O) groups is 3. The lowest BCUT2D eigenvalue weighted by Gasteiger charge is -2.31. The van der Waals surface area contributed by atoms with Crippen LogP contribution in [0.1, 0.15) is 43.0 Å². The minimum absolute atomic E-state index is 0.0550. The van der Waals surface area contributed by atoms with Gasteiger partial charge in [0.05, 0.1) is 5.69 Å². The van der Waals surface area contributed by atoms with Crippen LogP contribution in [0.5, 0.6) is 11.5 Å². The summed E-state index contributed by atoms with van der Waals surface area (Å²) in [5, 5.41) is 14.0. The number of nitrogens with one attached hydrogen (secondary N) is 1. The Morgan fingerprint density at radius 1 is 1.08 bits per heavy atom. The number of anilines is 1. The van der Waals surface area contributed by atoms with E-state index in [2.05, 4.69) is 5.32 Å². The maximum absolute atomic E-state index is 12.6. The van der Waals surface area contributed by atoms with E-state index in [-0.39, 0.29) is 12.6 Å². The van der Waals surface area contributed by atoms with E-state index in [9.17, 15) is 19.5 Å². The zero-order chi connectivity index (χ0) is 17.3. The maximum atomic E-state index is 12.6. The summed E-state index contributed by atoms with van der Waals surface area (Å²) in [6.07, 6.45) is 2.49. The first-order valence-electron chi connectivity index (χ1n) is 7.93. The third-order valence-corrected chi connectivity index (χ3v) is 4.56. The first-order valence-corrected chi connectivity index (χ1v) is 7.93. The number of carboxylic acid groups (broad SMARTS) is 1. The summed E-state index contributed by atoms with van der Waals surface area (Å²) in [5.74, 6) is -2.41. The second-order valence-electron chi connectivity index (χ2n) is 6.11. The molecular formula is C17H18NO6-. The summed E-state index contributed by atoms with van der Waals surface area (Å²) >= 11 is 0. The molecule has 1 aliphatic heterocycles. The van der Waals surface area contributed by atoms with E-state index >= 15 is 0 Å². The van der Waals surface area contributed by atoms with Gasteiger partial charge in [0, 0.05) is 29.4 Å². The molecule has 0 unspecified atom stereocenters. The van der Waals surface area contributed by atoms with Crippen molar-refractivity contribution in [2.45, 2.75) is 32.6 Å². The smallest absolute Gasteiger partial charge is 0.231 e. The number of fused-ring (bicyclic) bond motifs is 1. The SMILES string of the molecule is CC(=O)c1cc2c(cc1NC(=O)[C@@H]1CCCC[C@@H]1C(=O)[O-])OCO2. The van der Waals surface area contributed by atoms with E-state index in [0.717, 1.165) is 12.8 Å². The van der Waals surface area contributed by atoms with Gasteiger partial charge < -0.3 is 24.7 Å². The van der Waals surface area contributed by atoms with Crippen molar-refractivity contribution in [3.8, 4) is 11.5 Å². The number of hydrogen-bond acceptors (Lipinski definition) is 6. The van der Waals surface area contributed by atoms with Crippen molar-refractivity contribution in [1.82, 2.24) is 0 Å². The molecule has 1 aromatic carbocycles. The molecule has 24 heavy (non-hydrogen) atoms. The number of aliphatic carboxylic acids is 1. The number of Topliss-reactive ketones (excluding diaryl/α,β-unsaturated/α-hetero) is 1. The number of carbonyl (C=O) groups excluding carboxylic acids is 3. The van der Waals surface area contributed by atoms with Gasteiger partial charge in [0.1, 0.15) is 0 Å². The number of rotatable bonds is 4. The van der Waals surface area contributed by atoms with Crippen LogP contribution in [-0.2, 0) is 9.59 Å². The Balaban J connectivity index is 1.86. The van der Waals surface area contributed by atoms with Gasteiger partial charge in [0.25, 0.3) is 0 Å². The lowest BCUT2D eigenvalue weighted by Crippen LogP contribution is -2.42. The standard InChI is InChI=1S/C17H19NO6/c1-9(19)12-6-14-15(24-8-23-14)7-13(12)18-16(20)10-4-2-3-5-11(10)17(21)22/h6-7,10-11H,2-5,8H2,1H3,(H,18,20)(H,21,22)/p-1/t10-,11+/m1/s1. The van der Waals surface area contributed by atoms with Crippen LogP contribution in [0.3, 0.4) is 0 Å². The van der Waals surface area contributed by atoms with Crippen LogP contribution in [0, 0.1) is 11.8 Å². The Kier molecular flexibility index (Phi) is 4.42. The molecule has 2 atom stereocenters. The second kappa shape index (κ2) is 6.51. The van der Waals surface area contributed by atoms with Crippen molar-refractivity contribution in [1.29, 1.82) is 0 Å². The summed E-state index contributed by atoms with van der Waals surface area (Å²) in [5.41, 5.74) is 0.604. The first-order chi connectivity index (χ1) is 11.5. The largest absolute Gasteiger partial charge is 0.550 e. The first kappa shape index (κ1) is 16.3. The van der Waals surface area contributed by atoms with Gasteiger partial charge in [0.2, 0.25) is 12.7 Å². The van der Waals surface area contributed by atoms with Gasteiger partial charge in [-0.2, -0.15) is 0 Å². The molecule has 0 aromatic heterocycles. The molecule has 2 aliphatic rings. The second-order valence-corrected chi connectivity index (χ2v) is 6.11. The molecule has 128 valence electrons. The predicted molar refractivity (Wildman–Crippen MR) is 81.7 cm³/mol. The lowest BCUT2D eigenvalue weighted by molar-refractivity contribution is -0.313. The fraction of sp³-hybridized carbons (Fsp3) is 0.471. The summed E-state index contributed by atoms with van der Waals surface area (Å²) in [7, 11) is 0. The van der Waals surface area contributed by atoms with E-state index in [0.29, 0.717) is 35.6 Å². The molecule has 7 nitrogen and oxygen atoms in total. The van der Waals surface area contributed by atoms with E-state index in [1.54, 1.807) is 0 Å². The van der Waals surface area contributed by atoms with Gasteiger partial charge in [-0.25, -0.2) is 0 Å². The highest BCUT2D eigenvalue weighted by Gasteiger charge is 2.32. The Morgan fingerprint density at radius 2 is 1.71 bits per heavy atom. The van der Waals surface area contributed by atoms with Crippen LogP contribution < -0.4 is 19.9 Å². The molecule has 0 bridgehead atoms. The van der Waals surface area contributed by atoms with E-state index in [4.69, 9.17) is 9.47 Å². The molecule has 1 aromatic rings. The van der Waals surface area contributed by atoms with Gasteiger partial charge in [-0.05, 0) is 25.8 Å². The number of benzene rings is 1. The number of hydrogen-bond donors (Lipinski definition) is 1. The van der Waals surface area contributed by atoms with Crippen molar-refractivity contribution >= 4 is 23.3 Å². The fourth-order valence-electron chi connectivity index (χ4n) is 3.29. The monoisotopic (exact) mass is 332 g/mol. The van der Waals surface area contributed by atoms with E-state index in [1.165, 1.54) is 19.1 Å². The average Bonchev–Trinajstić information content (AvgIpc) is 3.01. The number of carboxylic acids is 1. The van der Waals surface area contributed by atoms with Gasteiger partial charge in [-0.1, -0.05) is 12.8 Å². The van der Waals surface area contributed by atoms with Crippen LogP contribution in [0.25, 0.3) is 0 Å². The molecule has 0 spiro atoms. The minimum Gasteiger partial charge on any atom is -0.550 e. The van der Waals surface area contributed by atoms with Gasteiger partial charge in [-0.15, -0.1) is 0 Å². The van der Waals surface area contributed by atoms with Crippen LogP contribution in [-0.4, -0.2) is 24.5 Å². The van der Waals surface area contributed by atoms with Crippen molar-refractivity contribution < 1.29 is 29.0 Å². The van der Waals surface area contributed by atoms with Crippen LogP contribution in [0.2, 0.25) is 0 Å². The highest BCUT2D eigenvalue weighted by molar-refractivity contribution is 6.05. The molecule has 1 aliphatic carbocycles. The molecule has 3 rings (SSSR count). The van der Waals surface area contributed by atoms with Crippen molar-refractivity contribution in [3.05, 3.63) is 17.7 Å². The molecule has 1 amide bonds. The summed E-state index contributed by atoms with van der Waals surface area (Å²) < 4.78 is 10.5. The van der Waals surface area contributed by atoms with Gasteiger partial charge in [0.15, 0.2) is 17.3 Å². The average molecular weight is 332 g/mol. The topological polar surface area (TPSA) is 105 Å². The molecule has 1 N–H and O–H groups in total. The Hall–Kier alpha value is -2.57. The van der Waals surface area contributed by atoms with E-state index in [1.807, 2.05) is 0 Å². The third-order valence-electron chi connectivity index (χ3n) is 4.56. The van der Waals surface area contributed by atoms with Crippen molar-refractivity contribution in [3.63, 3.8) is 0 Å². The van der Waals surface area contributed by atoms with Crippen LogP contribution in [0.15, 0.2) is 12.1 Å². The Labute approximate surface area is 138 Å². The molecule has 7 heteroatoms. The maximum Gasteiger partial charge on any atom is 0.231 e. The molecule has 0 radical (unpaired) electrons. The third kappa shape index (κ3) is 3.06. The normalized spacial score (nSPS) is 22.0. The zero-order valence-corrected chi connectivity index (χ0v) is 13.3. The summed E-state index contributed by atoms with van der Waals surface area (Å²) in [6, 6.07) is 3.06. The van der Waals surface area contributed by atoms with Crippen molar-refractivity contribution in [2.75, 3.05) is 12.1 Å². The van der Waals surface area contributed by atoms with Gasteiger partial charge >= 0.3 is 0 Å². The Morgan fingerprint density at radius 3 is 2.33 bits per heavy atom. The highest BCUT2D eigenvalue weighted by atomic mass is 16.7. The molecular weight excluding hydrogens is 314 g/mol. The number of ether oxygens (including phenoxy) is 2. The van der Waals surface area contributed by atoms with Crippen molar-refractivity contribution in [2.24, 2.45) is 11.8 Å². The molecule has 1 saturated carbocycles. The quantitative estimate of drug-likeness (QED) is 0.828. The zero-order valence-electron chi connectivity index (χ0n) is 13.3. The highest BCUT2D eigenvalue weighted by Crippen LogP contribution is 2.38. The molecule has 1 fully saturated rings. The van der Waals surface area contributed by atoms with Crippen LogP contribution >= 0.6 is 0 Å². The predicted octanol–water partition coefficient (Wildman–Crippen LogP) is 1.11. The summed E-state index contributed by atoms with van der Waals surface area (Å²) in [4.78, 5) is 35.7. The van der Waals surface area contributed by atoms with Crippen LogP contribution in [0.4, 0.5) is 5.69 Å². The minimum atomic E-state index is -1.20. The van der Waals surface area contributed by atoms with E-state index < -0.39 is 23.7 Å². The fourth-order valence-corrected chi connectivity index (χ4v) is 3.29. The molecule has 1 heterocycles. The lowest BCUT2D eigenvalue weighted by atomic mass is 9.78. The number of ketones is 1. The number of amides is 1. The molecule has 0 saturated heterocycles. The van der Waals surface area contributed by atoms with Gasteiger partial charge in [-0.3, -0.25) is 9.59 Å². The summed E-state index contributed by atoms with van der Waals surface area (Å²) in [6.45, 7) is 1.44.